The van der Waals surface area contributed by atoms with E-state index in [1.807, 2.05) is 19.1 Å². The molecule has 1 fully saturated rings. The van der Waals surface area contributed by atoms with Gasteiger partial charge in [-0.1, -0.05) is 11.8 Å². The molecule has 2 heterocycles. The Hall–Kier alpha value is -0.530. The molecule has 1 aromatic rings. The van der Waals surface area contributed by atoms with E-state index in [9.17, 15) is 9.59 Å². The molecular formula is C11H13BrN2O2S2. The zero-order valence-electron chi connectivity index (χ0n) is 9.81. The zero-order chi connectivity index (χ0) is 13.1. The van der Waals surface area contributed by atoms with Crippen LogP contribution in [-0.4, -0.2) is 34.4 Å². The molecule has 4 nitrogen and oxygen atoms in total. The predicted octanol–water partition coefficient (Wildman–Crippen LogP) is 2.68. The molecule has 1 aromatic heterocycles. The third-order valence-electron chi connectivity index (χ3n) is 2.64. The van der Waals surface area contributed by atoms with Gasteiger partial charge in [0, 0.05) is 17.2 Å². The molecule has 2 rings (SSSR count). The smallest absolute Gasteiger partial charge is 0.279 e. The second kappa shape index (κ2) is 6.08. The van der Waals surface area contributed by atoms with Gasteiger partial charge in [0.2, 0.25) is 5.91 Å². The summed E-state index contributed by atoms with van der Waals surface area (Å²) in [5, 5.41) is 2.58. The minimum absolute atomic E-state index is 0.000345. The maximum Gasteiger partial charge on any atom is 0.279 e. The summed E-state index contributed by atoms with van der Waals surface area (Å²) in [5.41, 5.74) is 0. The molecule has 0 radical (unpaired) electrons. The minimum Gasteiger partial charge on any atom is -0.336 e. The van der Waals surface area contributed by atoms with Crippen molar-refractivity contribution in [1.29, 1.82) is 0 Å². The van der Waals surface area contributed by atoms with Crippen LogP contribution in [0.4, 0.5) is 4.79 Å². The van der Waals surface area contributed by atoms with Crippen LogP contribution in [0.2, 0.25) is 0 Å². The maximum absolute atomic E-state index is 12.2. The monoisotopic (exact) mass is 348 g/mol. The van der Waals surface area contributed by atoms with E-state index in [0.717, 1.165) is 8.66 Å². The predicted molar refractivity (Wildman–Crippen MR) is 77.9 cm³/mol. The van der Waals surface area contributed by atoms with Crippen LogP contribution in [0.5, 0.6) is 0 Å². The van der Waals surface area contributed by atoms with Crippen molar-refractivity contribution in [2.45, 2.75) is 19.5 Å². The molecule has 0 bridgehead atoms. The van der Waals surface area contributed by atoms with E-state index in [2.05, 4.69) is 21.2 Å². The van der Waals surface area contributed by atoms with Crippen LogP contribution in [0.25, 0.3) is 0 Å². The Morgan fingerprint density at radius 2 is 2.39 bits per heavy atom. The number of hydrogen-bond acceptors (Lipinski definition) is 4. The van der Waals surface area contributed by atoms with Crippen molar-refractivity contribution in [3.05, 3.63) is 20.8 Å². The van der Waals surface area contributed by atoms with E-state index in [-0.39, 0.29) is 17.2 Å². The summed E-state index contributed by atoms with van der Waals surface area (Å²) >= 11 is 6.20. The number of thiophene rings is 1. The molecule has 1 aliphatic heterocycles. The number of nitrogens with one attached hydrogen (secondary N) is 1. The summed E-state index contributed by atoms with van der Waals surface area (Å²) in [6, 6.07) is 3.61. The molecule has 0 aliphatic carbocycles. The van der Waals surface area contributed by atoms with Gasteiger partial charge < -0.3 is 10.2 Å². The van der Waals surface area contributed by atoms with Crippen LogP contribution in [-0.2, 0) is 11.3 Å². The second-order valence-corrected chi connectivity index (χ2v) is 7.39. The average molecular weight is 349 g/mol. The van der Waals surface area contributed by atoms with Gasteiger partial charge in [0.05, 0.1) is 10.3 Å². The SMILES string of the molecule is CCN(Cc1ccc(Br)s1)C(=O)C1CSC(=O)N1. The van der Waals surface area contributed by atoms with Crippen LogP contribution in [0.15, 0.2) is 15.9 Å². The highest BCUT2D eigenvalue weighted by atomic mass is 79.9. The van der Waals surface area contributed by atoms with Crippen molar-refractivity contribution in [2.75, 3.05) is 12.3 Å². The molecule has 2 amide bonds. The Kier molecular flexibility index (Phi) is 4.69. The Morgan fingerprint density at radius 1 is 1.61 bits per heavy atom. The number of likely N-dealkylation sites (N-methyl/N-ethyl adjacent to an activating group) is 1. The third kappa shape index (κ3) is 3.27. The highest BCUT2D eigenvalue weighted by Gasteiger charge is 2.31. The van der Waals surface area contributed by atoms with Crippen LogP contribution in [0.3, 0.4) is 0 Å². The molecular weight excluding hydrogens is 336 g/mol. The molecule has 7 heteroatoms. The van der Waals surface area contributed by atoms with Gasteiger partial charge in [-0.15, -0.1) is 11.3 Å². The zero-order valence-corrected chi connectivity index (χ0v) is 13.0. The summed E-state index contributed by atoms with van der Waals surface area (Å²) in [4.78, 5) is 26.2. The molecule has 1 N–H and O–H groups in total. The van der Waals surface area contributed by atoms with Crippen molar-refractivity contribution in [1.82, 2.24) is 10.2 Å². The molecule has 0 spiro atoms. The highest BCUT2D eigenvalue weighted by molar-refractivity contribution is 9.11. The molecule has 1 unspecified atom stereocenters. The van der Waals surface area contributed by atoms with E-state index in [0.29, 0.717) is 18.8 Å². The van der Waals surface area contributed by atoms with E-state index in [1.54, 1.807) is 16.2 Å². The summed E-state index contributed by atoms with van der Waals surface area (Å²) in [5.74, 6) is 0.530. The van der Waals surface area contributed by atoms with Gasteiger partial charge in [0.1, 0.15) is 6.04 Å². The first-order valence-electron chi connectivity index (χ1n) is 5.56. The number of nitrogens with zero attached hydrogens (tertiary/aromatic N) is 1. The van der Waals surface area contributed by atoms with Crippen molar-refractivity contribution >= 4 is 50.2 Å². The van der Waals surface area contributed by atoms with Crippen molar-refractivity contribution in [3.63, 3.8) is 0 Å². The fourth-order valence-corrected chi connectivity index (χ4v) is 3.98. The number of rotatable bonds is 4. The molecule has 18 heavy (non-hydrogen) atoms. The number of amides is 2. The van der Waals surface area contributed by atoms with E-state index in [4.69, 9.17) is 0 Å². The minimum atomic E-state index is -0.370. The molecule has 1 aliphatic rings. The number of hydrogen-bond donors (Lipinski definition) is 1. The molecule has 1 atom stereocenters. The first-order chi connectivity index (χ1) is 8.60. The van der Waals surface area contributed by atoms with Crippen molar-refractivity contribution in [2.24, 2.45) is 0 Å². The first kappa shape index (κ1) is 13.9. The Bertz CT molecular complexity index is 464. The summed E-state index contributed by atoms with van der Waals surface area (Å²) in [6.07, 6.45) is 0. The summed E-state index contributed by atoms with van der Waals surface area (Å²) in [7, 11) is 0. The third-order valence-corrected chi connectivity index (χ3v) is 5.13. The Morgan fingerprint density at radius 3 is 2.89 bits per heavy atom. The van der Waals surface area contributed by atoms with E-state index >= 15 is 0 Å². The molecule has 1 saturated heterocycles. The topological polar surface area (TPSA) is 49.4 Å². The van der Waals surface area contributed by atoms with Gasteiger partial charge in [-0.25, -0.2) is 0 Å². The fourth-order valence-electron chi connectivity index (χ4n) is 1.71. The van der Waals surface area contributed by atoms with E-state index in [1.165, 1.54) is 11.8 Å². The standard InChI is InChI=1S/C11H13BrN2O2S2/c1-2-14(5-7-3-4-9(12)18-7)10(15)8-6-17-11(16)13-8/h3-4,8H,2,5-6H2,1H3,(H,13,16). The van der Waals surface area contributed by atoms with Crippen LogP contribution < -0.4 is 5.32 Å². The van der Waals surface area contributed by atoms with Gasteiger partial charge in [0.25, 0.3) is 5.24 Å². The second-order valence-electron chi connectivity index (χ2n) is 3.85. The molecule has 98 valence electrons. The lowest BCUT2D eigenvalue weighted by Crippen LogP contribution is -2.45. The first-order valence-corrected chi connectivity index (χ1v) is 8.16. The van der Waals surface area contributed by atoms with Gasteiger partial charge in [-0.05, 0) is 35.0 Å². The lowest BCUT2D eigenvalue weighted by molar-refractivity contribution is -0.132. The van der Waals surface area contributed by atoms with Gasteiger partial charge in [-0.2, -0.15) is 0 Å². The molecule has 0 aromatic carbocycles. The fraction of sp³-hybridized carbons (Fsp3) is 0.455. The molecule has 0 saturated carbocycles. The summed E-state index contributed by atoms with van der Waals surface area (Å²) in [6.45, 7) is 3.19. The van der Waals surface area contributed by atoms with Crippen LogP contribution >= 0.6 is 39.0 Å². The Labute approximate surface area is 122 Å². The van der Waals surface area contributed by atoms with Gasteiger partial charge in [-0.3, -0.25) is 9.59 Å². The average Bonchev–Trinajstić information content (AvgIpc) is 2.94. The lowest BCUT2D eigenvalue weighted by Gasteiger charge is -2.23. The Balaban J connectivity index is 1.99. The van der Waals surface area contributed by atoms with Crippen LogP contribution in [0, 0.1) is 0 Å². The van der Waals surface area contributed by atoms with Crippen molar-refractivity contribution in [3.8, 4) is 0 Å². The largest absolute Gasteiger partial charge is 0.336 e. The normalized spacial score (nSPS) is 18.8. The van der Waals surface area contributed by atoms with Crippen LogP contribution in [0.1, 0.15) is 11.8 Å². The number of carbonyl (C=O) groups is 2. The highest BCUT2D eigenvalue weighted by Crippen LogP contribution is 2.24. The maximum atomic E-state index is 12.2. The summed E-state index contributed by atoms with van der Waals surface area (Å²) < 4.78 is 1.06. The number of carbonyl (C=O) groups excluding carboxylic acids is 2. The van der Waals surface area contributed by atoms with Gasteiger partial charge >= 0.3 is 0 Å². The lowest BCUT2D eigenvalue weighted by atomic mass is 10.2. The van der Waals surface area contributed by atoms with Crippen molar-refractivity contribution < 1.29 is 9.59 Å². The number of halogens is 1. The van der Waals surface area contributed by atoms with E-state index < -0.39 is 0 Å². The number of thioether (sulfide) groups is 1. The quantitative estimate of drug-likeness (QED) is 0.909. The van der Waals surface area contributed by atoms with Gasteiger partial charge in [0.15, 0.2) is 0 Å².